The van der Waals surface area contributed by atoms with Crippen LogP contribution in [0.1, 0.15) is 12.0 Å². The monoisotopic (exact) mass is 357 g/mol. The number of nitrogens with one attached hydrogen (secondary N) is 1. The van der Waals surface area contributed by atoms with Gasteiger partial charge in [-0.25, -0.2) is 0 Å². The first-order valence-corrected chi connectivity index (χ1v) is 7.18. The Morgan fingerprint density at radius 3 is 2.43 bits per heavy atom. The second kappa shape index (κ2) is 6.34. The summed E-state index contributed by atoms with van der Waals surface area (Å²) in [5, 5.41) is 11.6. The van der Waals surface area contributed by atoms with E-state index in [0.29, 0.717) is 24.5 Å². The SMILES string of the molecule is COc1cc(Br)c(CNC(=O)[C@H]2C[C@H]2C(=O)O)cc1OC. The molecule has 0 aromatic heterocycles. The summed E-state index contributed by atoms with van der Waals surface area (Å²) in [6.45, 7) is 0.294. The number of ether oxygens (including phenoxy) is 2. The summed E-state index contributed by atoms with van der Waals surface area (Å²) in [5.41, 5.74) is 0.827. The zero-order valence-corrected chi connectivity index (χ0v) is 13.3. The molecule has 21 heavy (non-hydrogen) atoms. The van der Waals surface area contributed by atoms with Crippen LogP contribution in [0.3, 0.4) is 0 Å². The van der Waals surface area contributed by atoms with Gasteiger partial charge < -0.3 is 19.9 Å². The summed E-state index contributed by atoms with van der Waals surface area (Å²) in [6, 6.07) is 3.53. The van der Waals surface area contributed by atoms with Gasteiger partial charge in [0.25, 0.3) is 0 Å². The summed E-state index contributed by atoms with van der Waals surface area (Å²) in [6.07, 6.45) is 0.411. The lowest BCUT2D eigenvalue weighted by molar-refractivity contribution is -0.140. The molecule has 7 heteroatoms. The van der Waals surface area contributed by atoms with Crippen LogP contribution in [0, 0.1) is 11.8 Å². The van der Waals surface area contributed by atoms with Crippen molar-refractivity contribution in [1.82, 2.24) is 5.32 Å². The number of hydrogen-bond acceptors (Lipinski definition) is 4. The van der Waals surface area contributed by atoms with Crippen LogP contribution < -0.4 is 14.8 Å². The van der Waals surface area contributed by atoms with Gasteiger partial charge in [0.2, 0.25) is 5.91 Å². The van der Waals surface area contributed by atoms with Gasteiger partial charge in [0, 0.05) is 11.0 Å². The Balaban J connectivity index is 2.00. The van der Waals surface area contributed by atoms with Gasteiger partial charge in [0.05, 0.1) is 26.1 Å². The molecule has 1 aromatic rings. The predicted octanol–water partition coefficient (Wildman–Crippen LogP) is 1.80. The average Bonchev–Trinajstić information content (AvgIpc) is 3.25. The Bertz CT molecular complexity index is 575. The van der Waals surface area contributed by atoms with Gasteiger partial charge in [-0.3, -0.25) is 9.59 Å². The number of benzene rings is 1. The predicted molar refractivity (Wildman–Crippen MR) is 78.3 cm³/mol. The number of methoxy groups -OCH3 is 2. The van der Waals surface area contributed by atoms with Crippen LogP contribution in [-0.2, 0) is 16.1 Å². The number of carboxylic acids is 1. The molecule has 2 N–H and O–H groups in total. The maximum absolute atomic E-state index is 11.8. The molecule has 2 rings (SSSR count). The molecule has 0 spiro atoms. The lowest BCUT2D eigenvalue weighted by Crippen LogP contribution is -2.26. The summed E-state index contributed by atoms with van der Waals surface area (Å²) in [7, 11) is 3.08. The van der Waals surface area contributed by atoms with E-state index in [9.17, 15) is 9.59 Å². The van der Waals surface area contributed by atoms with Crippen LogP contribution in [0.15, 0.2) is 16.6 Å². The molecule has 1 aromatic carbocycles. The molecule has 0 saturated heterocycles. The van der Waals surface area contributed by atoms with E-state index in [1.807, 2.05) is 0 Å². The number of carbonyl (C=O) groups is 2. The molecule has 0 radical (unpaired) electrons. The van der Waals surface area contributed by atoms with Gasteiger partial charge in [-0.1, -0.05) is 15.9 Å². The number of halogens is 1. The van der Waals surface area contributed by atoms with Crippen molar-refractivity contribution < 1.29 is 24.2 Å². The Morgan fingerprint density at radius 2 is 1.90 bits per heavy atom. The smallest absolute Gasteiger partial charge is 0.307 e. The quantitative estimate of drug-likeness (QED) is 0.810. The minimum Gasteiger partial charge on any atom is -0.493 e. The summed E-state index contributed by atoms with van der Waals surface area (Å²) < 4.78 is 11.2. The van der Waals surface area contributed by atoms with Crippen LogP contribution >= 0.6 is 15.9 Å². The Labute approximate surface area is 130 Å². The topological polar surface area (TPSA) is 84.9 Å². The zero-order valence-electron chi connectivity index (χ0n) is 11.7. The molecule has 6 nitrogen and oxygen atoms in total. The maximum atomic E-state index is 11.8. The van der Waals surface area contributed by atoms with E-state index >= 15 is 0 Å². The molecule has 1 amide bonds. The molecule has 0 heterocycles. The highest BCUT2D eigenvalue weighted by Crippen LogP contribution is 2.39. The highest BCUT2D eigenvalue weighted by molar-refractivity contribution is 9.10. The molecule has 1 saturated carbocycles. The van der Waals surface area contributed by atoms with Crippen LogP contribution in [0.4, 0.5) is 0 Å². The molecule has 1 fully saturated rings. The molecule has 0 bridgehead atoms. The molecule has 114 valence electrons. The first kappa shape index (κ1) is 15.6. The van der Waals surface area contributed by atoms with E-state index in [0.717, 1.165) is 10.0 Å². The lowest BCUT2D eigenvalue weighted by atomic mass is 10.2. The van der Waals surface area contributed by atoms with E-state index in [4.69, 9.17) is 14.6 Å². The van der Waals surface area contributed by atoms with Gasteiger partial charge in [0.1, 0.15) is 0 Å². The number of carboxylic acid groups (broad SMARTS) is 1. The lowest BCUT2D eigenvalue weighted by Gasteiger charge is -2.12. The van der Waals surface area contributed by atoms with Gasteiger partial charge in [-0.05, 0) is 24.1 Å². The normalized spacial score (nSPS) is 19.8. The summed E-state index contributed by atoms with van der Waals surface area (Å²) >= 11 is 3.41. The number of carbonyl (C=O) groups excluding carboxylic acids is 1. The standard InChI is InChI=1S/C14H16BrNO5/c1-20-11-3-7(10(15)5-12(11)21-2)6-16-13(17)8-4-9(8)14(18)19/h3,5,8-9H,4,6H2,1-2H3,(H,16,17)(H,18,19)/t8-,9+/m0/s1. The molecule has 0 unspecified atom stereocenters. The van der Waals surface area contributed by atoms with Gasteiger partial charge in [-0.15, -0.1) is 0 Å². The third kappa shape index (κ3) is 3.47. The molecular formula is C14H16BrNO5. The molecule has 2 atom stereocenters. The van der Waals surface area contributed by atoms with Crippen molar-refractivity contribution in [2.24, 2.45) is 11.8 Å². The van der Waals surface area contributed by atoms with E-state index < -0.39 is 17.8 Å². The number of hydrogen-bond donors (Lipinski definition) is 2. The first-order valence-electron chi connectivity index (χ1n) is 6.38. The van der Waals surface area contributed by atoms with Crippen LogP contribution in [0.25, 0.3) is 0 Å². The fourth-order valence-electron chi connectivity index (χ4n) is 2.10. The van der Waals surface area contributed by atoms with Crippen LogP contribution in [-0.4, -0.2) is 31.2 Å². The van der Waals surface area contributed by atoms with Crippen molar-refractivity contribution in [3.05, 3.63) is 22.2 Å². The van der Waals surface area contributed by atoms with Crippen LogP contribution in [0.2, 0.25) is 0 Å². The molecule has 1 aliphatic carbocycles. The largest absolute Gasteiger partial charge is 0.493 e. The average molecular weight is 358 g/mol. The second-order valence-corrected chi connectivity index (χ2v) is 5.66. The minimum atomic E-state index is -0.914. The van der Waals surface area contributed by atoms with E-state index in [1.54, 1.807) is 19.2 Å². The highest BCUT2D eigenvalue weighted by Gasteiger charge is 2.48. The van der Waals surface area contributed by atoms with Gasteiger partial charge >= 0.3 is 5.97 Å². The van der Waals surface area contributed by atoms with Crippen molar-refractivity contribution in [3.8, 4) is 11.5 Å². The number of rotatable bonds is 6. The third-order valence-corrected chi connectivity index (χ3v) is 4.19. The van der Waals surface area contributed by atoms with Crippen molar-refractivity contribution in [1.29, 1.82) is 0 Å². The van der Waals surface area contributed by atoms with Gasteiger partial charge in [0.15, 0.2) is 11.5 Å². The van der Waals surface area contributed by atoms with Crippen molar-refractivity contribution >= 4 is 27.8 Å². The van der Waals surface area contributed by atoms with Crippen molar-refractivity contribution in [3.63, 3.8) is 0 Å². The second-order valence-electron chi connectivity index (χ2n) is 4.80. The van der Waals surface area contributed by atoms with E-state index in [-0.39, 0.29) is 5.91 Å². The van der Waals surface area contributed by atoms with E-state index in [2.05, 4.69) is 21.2 Å². The maximum Gasteiger partial charge on any atom is 0.307 e. The van der Waals surface area contributed by atoms with Crippen molar-refractivity contribution in [2.45, 2.75) is 13.0 Å². The molecule has 1 aliphatic rings. The molecular weight excluding hydrogens is 342 g/mol. The van der Waals surface area contributed by atoms with Gasteiger partial charge in [-0.2, -0.15) is 0 Å². The number of amides is 1. The van der Waals surface area contributed by atoms with Crippen LogP contribution in [0.5, 0.6) is 11.5 Å². The zero-order chi connectivity index (χ0) is 15.6. The summed E-state index contributed by atoms with van der Waals surface area (Å²) in [5.74, 6) is -0.945. The Hall–Kier alpha value is -1.76. The summed E-state index contributed by atoms with van der Waals surface area (Å²) in [4.78, 5) is 22.6. The van der Waals surface area contributed by atoms with Crippen molar-refractivity contribution in [2.75, 3.05) is 14.2 Å². The fourth-order valence-corrected chi connectivity index (χ4v) is 2.57. The highest BCUT2D eigenvalue weighted by atomic mass is 79.9. The fraction of sp³-hybridized carbons (Fsp3) is 0.429. The van der Waals surface area contributed by atoms with E-state index in [1.165, 1.54) is 7.11 Å². The first-order chi connectivity index (χ1) is 9.97. The Kier molecular flexibility index (Phi) is 4.72. The Morgan fingerprint density at radius 1 is 1.29 bits per heavy atom. The number of aliphatic carboxylic acids is 1. The molecule has 0 aliphatic heterocycles. The third-order valence-electron chi connectivity index (χ3n) is 3.45. The minimum absolute atomic E-state index is 0.232.